The molecule has 0 aliphatic carbocycles. The molecule has 1 unspecified atom stereocenters. The molecule has 0 saturated carbocycles. The molecule has 116 valence electrons. The fourth-order valence-corrected chi connectivity index (χ4v) is 2.69. The Balaban J connectivity index is 2.10. The van der Waals surface area contributed by atoms with Crippen LogP contribution in [0.25, 0.3) is 0 Å². The third-order valence-corrected chi connectivity index (χ3v) is 3.97. The quantitative estimate of drug-likeness (QED) is 0.855. The molecule has 21 heavy (non-hydrogen) atoms. The topological polar surface area (TPSA) is 67.6 Å². The van der Waals surface area contributed by atoms with Crippen molar-refractivity contribution in [1.82, 2.24) is 10.2 Å². The molecule has 0 radical (unpaired) electrons. The number of carbonyl (C=O) groups is 1. The van der Waals surface area contributed by atoms with E-state index in [1.165, 1.54) is 0 Å². The Morgan fingerprint density at radius 1 is 1.57 bits per heavy atom. The highest BCUT2D eigenvalue weighted by Gasteiger charge is 2.29. The van der Waals surface area contributed by atoms with E-state index in [2.05, 4.69) is 10.2 Å². The minimum atomic E-state index is -0.260. The van der Waals surface area contributed by atoms with Crippen molar-refractivity contribution in [3.63, 3.8) is 0 Å². The first-order valence-corrected chi connectivity index (χ1v) is 7.60. The predicted octanol–water partition coefficient (Wildman–Crippen LogP) is 1.14. The molecule has 2 rings (SSSR count). The van der Waals surface area contributed by atoms with Crippen molar-refractivity contribution < 1.29 is 9.53 Å². The van der Waals surface area contributed by atoms with E-state index >= 15 is 0 Å². The van der Waals surface area contributed by atoms with Gasteiger partial charge in [0, 0.05) is 31.2 Å². The fraction of sp³-hybridized carbons (Fsp3) is 0.533. The van der Waals surface area contributed by atoms with Crippen LogP contribution in [0, 0.1) is 0 Å². The molecule has 5 nitrogen and oxygen atoms in total. The molecule has 1 aromatic carbocycles. The highest BCUT2D eigenvalue weighted by atomic mass is 35.5. The second kappa shape index (κ2) is 7.75. The SMILES string of the molecule is CCNC(=O)C1COCCN1Cc1ccc(CN)cc1Cl. The summed E-state index contributed by atoms with van der Waals surface area (Å²) in [5.41, 5.74) is 7.62. The Labute approximate surface area is 130 Å². The second-order valence-electron chi connectivity index (χ2n) is 5.09. The number of hydrogen-bond donors (Lipinski definition) is 2. The van der Waals surface area contributed by atoms with E-state index in [9.17, 15) is 4.79 Å². The van der Waals surface area contributed by atoms with Crippen LogP contribution < -0.4 is 11.1 Å². The molecule has 1 amide bonds. The van der Waals surface area contributed by atoms with Crippen LogP contribution in [0.3, 0.4) is 0 Å². The van der Waals surface area contributed by atoms with Gasteiger partial charge >= 0.3 is 0 Å². The van der Waals surface area contributed by atoms with Gasteiger partial charge in [0.1, 0.15) is 6.04 Å². The molecule has 1 aliphatic rings. The second-order valence-corrected chi connectivity index (χ2v) is 5.49. The van der Waals surface area contributed by atoms with E-state index in [4.69, 9.17) is 22.1 Å². The number of carbonyl (C=O) groups excluding carboxylic acids is 1. The monoisotopic (exact) mass is 311 g/mol. The highest BCUT2D eigenvalue weighted by molar-refractivity contribution is 6.31. The molecule has 6 heteroatoms. The molecule has 0 aromatic heterocycles. The Morgan fingerprint density at radius 3 is 3.05 bits per heavy atom. The maximum absolute atomic E-state index is 12.1. The Morgan fingerprint density at radius 2 is 2.38 bits per heavy atom. The van der Waals surface area contributed by atoms with E-state index in [0.29, 0.717) is 37.9 Å². The van der Waals surface area contributed by atoms with Crippen LogP contribution in [-0.4, -0.2) is 43.2 Å². The summed E-state index contributed by atoms with van der Waals surface area (Å²) >= 11 is 6.30. The van der Waals surface area contributed by atoms with Crippen molar-refractivity contribution >= 4 is 17.5 Å². The van der Waals surface area contributed by atoms with Crippen LogP contribution in [0.4, 0.5) is 0 Å². The van der Waals surface area contributed by atoms with Gasteiger partial charge in [-0.3, -0.25) is 9.69 Å². The normalized spacial score (nSPS) is 19.5. The van der Waals surface area contributed by atoms with Crippen molar-refractivity contribution in [2.24, 2.45) is 5.73 Å². The first kappa shape index (κ1) is 16.2. The van der Waals surface area contributed by atoms with E-state index in [1.807, 2.05) is 25.1 Å². The first-order valence-electron chi connectivity index (χ1n) is 7.22. The molecular formula is C15H22ClN3O2. The zero-order valence-electron chi connectivity index (χ0n) is 12.3. The minimum absolute atomic E-state index is 0.00639. The molecule has 3 N–H and O–H groups in total. The summed E-state index contributed by atoms with van der Waals surface area (Å²) in [5.74, 6) is 0.00639. The summed E-state index contributed by atoms with van der Waals surface area (Å²) in [6.45, 7) is 5.41. The lowest BCUT2D eigenvalue weighted by Crippen LogP contribution is -2.53. The third kappa shape index (κ3) is 4.17. The van der Waals surface area contributed by atoms with Crippen molar-refractivity contribution in [3.05, 3.63) is 34.3 Å². The van der Waals surface area contributed by atoms with Gasteiger partial charge in [0.05, 0.1) is 13.2 Å². The molecular weight excluding hydrogens is 290 g/mol. The van der Waals surface area contributed by atoms with Crippen LogP contribution in [0.2, 0.25) is 5.02 Å². The number of amides is 1. The van der Waals surface area contributed by atoms with Gasteiger partial charge in [-0.25, -0.2) is 0 Å². The van der Waals surface area contributed by atoms with Gasteiger partial charge in [0.25, 0.3) is 0 Å². The third-order valence-electron chi connectivity index (χ3n) is 3.62. The van der Waals surface area contributed by atoms with Crippen molar-refractivity contribution in [2.45, 2.75) is 26.1 Å². The molecule has 1 aromatic rings. The van der Waals surface area contributed by atoms with Gasteiger partial charge < -0.3 is 15.8 Å². The number of halogens is 1. The molecule has 1 aliphatic heterocycles. The maximum atomic E-state index is 12.1. The van der Waals surface area contributed by atoms with E-state index in [0.717, 1.165) is 17.7 Å². The number of nitrogens with two attached hydrogens (primary N) is 1. The van der Waals surface area contributed by atoms with Gasteiger partial charge in [-0.1, -0.05) is 23.7 Å². The number of nitrogens with one attached hydrogen (secondary N) is 1. The lowest BCUT2D eigenvalue weighted by atomic mass is 10.1. The molecule has 1 atom stereocenters. The van der Waals surface area contributed by atoms with Gasteiger partial charge in [0.2, 0.25) is 5.91 Å². The summed E-state index contributed by atoms with van der Waals surface area (Å²) in [6.07, 6.45) is 0. The van der Waals surface area contributed by atoms with E-state index in [-0.39, 0.29) is 11.9 Å². The molecule has 0 spiro atoms. The first-order chi connectivity index (χ1) is 10.2. The number of morpholine rings is 1. The number of likely N-dealkylation sites (N-methyl/N-ethyl adjacent to an activating group) is 1. The Kier molecular flexibility index (Phi) is 5.99. The van der Waals surface area contributed by atoms with Crippen LogP contribution in [0.1, 0.15) is 18.1 Å². The summed E-state index contributed by atoms with van der Waals surface area (Å²) in [4.78, 5) is 14.2. The lowest BCUT2D eigenvalue weighted by molar-refractivity contribution is -0.132. The molecule has 1 fully saturated rings. The van der Waals surface area contributed by atoms with Crippen molar-refractivity contribution in [3.8, 4) is 0 Å². The van der Waals surface area contributed by atoms with Gasteiger partial charge in [-0.15, -0.1) is 0 Å². The zero-order chi connectivity index (χ0) is 15.2. The smallest absolute Gasteiger partial charge is 0.239 e. The van der Waals surface area contributed by atoms with Gasteiger partial charge in [-0.05, 0) is 24.1 Å². The number of ether oxygens (including phenoxy) is 1. The van der Waals surface area contributed by atoms with E-state index in [1.54, 1.807) is 0 Å². The number of nitrogens with zero attached hydrogens (tertiary/aromatic N) is 1. The van der Waals surface area contributed by atoms with E-state index < -0.39 is 0 Å². The summed E-state index contributed by atoms with van der Waals surface area (Å²) in [5, 5.41) is 3.55. The van der Waals surface area contributed by atoms with Gasteiger partial charge in [-0.2, -0.15) is 0 Å². The Hall–Kier alpha value is -1.14. The zero-order valence-corrected chi connectivity index (χ0v) is 13.0. The average Bonchev–Trinajstić information content (AvgIpc) is 2.50. The maximum Gasteiger partial charge on any atom is 0.239 e. The highest BCUT2D eigenvalue weighted by Crippen LogP contribution is 2.21. The largest absolute Gasteiger partial charge is 0.378 e. The predicted molar refractivity (Wildman–Crippen MR) is 83.0 cm³/mol. The van der Waals surface area contributed by atoms with Gasteiger partial charge in [0.15, 0.2) is 0 Å². The van der Waals surface area contributed by atoms with Crippen molar-refractivity contribution in [1.29, 1.82) is 0 Å². The Bertz CT molecular complexity index is 496. The van der Waals surface area contributed by atoms with Crippen LogP contribution in [0.15, 0.2) is 18.2 Å². The van der Waals surface area contributed by atoms with Crippen LogP contribution in [0.5, 0.6) is 0 Å². The summed E-state index contributed by atoms with van der Waals surface area (Å²) in [6, 6.07) is 5.58. The average molecular weight is 312 g/mol. The number of rotatable bonds is 5. The number of hydrogen-bond acceptors (Lipinski definition) is 4. The molecule has 1 saturated heterocycles. The molecule has 0 bridgehead atoms. The minimum Gasteiger partial charge on any atom is -0.378 e. The summed E-state index contributed by atoms with van der Waals surface area (Å²) in [7, 11) is 0. The fourth-order valence-electron chi connectivity index (χ4n) is 2.43. The number of benzene rings is 1. The standard InChI is InChI=1S/C15H22ClN3O2/c1-2-18-15(20)14-10-21-6-5-19(14)9-12-4-3-11(8-17)7-13(12)16/h3-4,7,14H,2,5-6,8-10,17H2,1H3,(H,18,20). The summed E-state index contributed by atoms with van der Waals surface area (Å²) < 4.78 is 5.43. The van der Waals surface area contributed by atoms with Crippen LogP contribution >= 0.6 is 11.6 Å². The van der Waals surface area contributed by atoms with Crippen LogP contribution in [-0.2, 0) is 22.6 Å². The molecule has 1 heterocycles. The lowest BCUT2D eigenvalue weighted by Gasteiger charge is -2.34. The van der Waals surface area contributed by atoms with Crippen molar-refractivity contribution in [2.75, 3.05) is 26.3 Å².